The van der Waals surface area contributed by atoms with Crippen LogP contribution in [0, 0.1) is 12.7 Å². The number of benzene rings is 1. The summed E-state index contributed by atoms with van der Waals surface area (Å²) in [4.78, 5) is 7.13. The van der Waals surface area contributed by atoms with Gasteiger partial charge in [-0.2, -0.15) is 0 Å². The van der Waals surface area contributed by atoms with Crippen LogP contribution >= 0.6 is 24.0 Å². The Labute approximate surface area is 206 Å². The molecule has 176 valence electrons. The fourth-order valence-electron chi connectivity index (χ4n) is 3.86. The Balaban J connectivity index is 0.00000289. The number of halogens is 2. The van der Waals surface area contributed by atoms with Crippen LogP contribution in [0.3, 0.4) is 0 Å². The van der Waals surface area contributed by atoms with Crippen molar-refractivity contribution in [2.75, 3.05) is 45.9 Å². The fraction of sp³-hybridized carbons (Fsp3) is 0.591. The molecule has 1 aliphatic heterocycles. The van der Waals surface area contributed by atoms with Crippen molar-refractivity contribution in [3.63, 3.8) is 0 Å². The number of morpholine rings is 1. The maximum Gasteiger partial charge on any atom is 0.191 e. The van der Waals surface area contributed by atoms with Gasteiger partial charge in [0.2, 0.25) is 0 Å². The molecular weight excluding hydrogens is 524 g/mol. The number of nitrogens with zero attached hydrogens (tertiary/aromatic N) is 5. The van der Waals surface area contributed by atoms with E-state index in [0.717, 1.165) is 82.0 Å². The predicted octanol–water partition coefficient (Wildman–Crippen LogP) is 1.98. The summed E-state index contributed by atoms with van der Waals surface area (Å²) in [6.07, 6.45) is 2.10. The van der Waals surface area contributed by atoms with Gasteiger partial charge in [-0.05, 0) is 37.5 Å². The summed E-state index contributed by atoms with van der Waals surface area (Å²) in [6, 6.07) is 6.95. The molecule has 0 amide bonds. The normalized spacial score (nSPS) is 18.2. The lowest BCUT2D eigenvalue weighted by Gasteiger charge is -2.27. The molecule has 2 N–H and O–H groups in total. The maximum atomic E-state index is 13.7. The summed E-state index contributed by atoms with van der Waals surface area (Å²) in [7, 11) is 1.95. The Morgan fingerprint density at radius 3 is 2.66 bits per heavy atom. The number of hydrogen-bond donors (Lipinski definition) is 2. The molecule has 2 aromatic rings. The summed E-state index contributed by atoms with van der Waals surface area (Å²) < 4.78 is 21.1. The lowest BCUT2D eigenvalue weighted by molar-refractivity contribution is 0.0389. The molecule has 2 fully saturated rings. The van der Waals surface area contributed by atoms with Gasteiger partial charge in [-0.15, -0.1) is 34.2 Å². The minimum atomic E-state index is -0.182. The van der Waals surface area contributed by atoms with Crippen LogP contribution in [-0.2, 0) is 23.7 Å². The molecule has 2 heterocycles. The summed E-state index contributed by atoms with van der Waals surface area (Å²) in [5.74, 6) is 2.25. The zero-order chi connectivity index (χ0) is 21.7. The summed E-state index contributed by atoms with van der Waals surface area (Å²) in [5.41, 5.74) is 1.03. The SMILES string of the molecule is Cc1nnc(CN=C(NCCN2CCOCC2)NCC2(c3cccc(F)c3)CC2)n1C.I. The topological polar surface area (TPSA) is 79.6 Å². The first kappa shape index (κ1) is 24.8. The van der Waals surface area contributed by atoms with E-state index < -0.39 is 0 Å². The predicted molar refractivity (Wildman–Crippen MR) is 133 cm³/mol. The van der Waals surface area contributed by atoms with Crippen LogP contribution in [0.15, 0.2) is 29.3 Å². The number of aromatic nitrogens is 3. The number of ether oxygens (including phenoxy) is 1. The van der Waals surface area contributed by atoms with Gasteiger partial charge in [-0.25, -0.2) is 9.38 Å². The average molecular weight is 557 g/mol. The smallest absolute Gasteiger partial charge is 0.191 e. The largest absolute Gasteiger partial charge is 0.379 e. The second kappa shape index (κ2) is 11.4. The van der Waals surface area contributed by atoms with E-state index >= 15 is 0 Å². The van der Waals surface area contributed by atoms with E-state index in [-0.39, 0.29) is 35.2 Å². The van der Waals surface area contributed by atoms with Crippen LogP contribution in [0.25, 0.3) is 0 Å². The van der Waals surface area contributed by atoms with E-state index in [0.29, 0.717) is 6.54 Å². The Hall–Kier alpha value is -1.79. The van der Waals surface area contributed by atoms with Crippen LogP contribution in [0.2, 0.25) is 0 Å². The molecular formula is C22H33FIN7O. The highest BCUT2D eigenvalue weighted by Crippen LogP contribution is 2.47. The third-order valence-corrected chi connectivity index (χ3v) is 6.27. The number of nitrogens with one attached hydrogen (secondary N) is 2. The van der Waals surface area contributed by atoms with Crippen LogP contribution in [0.4, 0.5) is 4.39 Å². The first-order valence-corrected chi connectivity index (χ1v) is 11.0. The standard InChI is InChI=1S/C22H32FN7O.HI/c1-17-27-28-20(29(17)2)15-25-21(24-8-9-30-10-12-31-13-11-30)26-16-22(6-7-22)18-4-3-5-19(23)14-18;/h3-5,14H,6-13,15-16H2,1-2H3,(H2,24,25,26);1H. The highest BCUT2D eigenvalue weighted by molar-refractivity contribution is 14.0. The van der Waals surface area contributed by atoms with Crippen molar-refractivity contribution in [3.05, 3.63) is 47.3 Å². The molecule has 1 saturated heterocycles. The third-order valence-electron chi connectivity index (χ3n) is 6.27. The van der Waals surface area contributed by atoms with Gasteiger partial charge >= 0.3 is 0 Å². The first-order chi connectivity index (χ1) is 15.1. The molecule has 32 heavy (non-hydrogen) atoms. The van der Waals surface area contributed by atoms with Crippen molar-refractivity contribution in [2.24, 2.45) is 12.0 Å². The molecule has 2 aliphatic rings. The minimum Gasteiger partial charge on any atom is -0.379 e. The summed E-state index contributed by atoms with van der Waals surface area (Å²) >= 11 is 0. The fourth-order valence-corrected chi connectivity index (χ4v) is 3.86. The number of aliphatic imine (C=N–C) groups is 1. The van der Waals surface area contributed by atoms with Gasteiger partial charge < -0.3 is 19.9 Å². The van der Waals surface area contributed by atoms with E-state index in [2.05, 4.69) is 25.7 Å². The zero-order valence-corrected chi connectivity index (χ0v) is 21.1. The number of hydrogen-bond acceptors (Lipinski definition) is 5. The van der Waals surface area contributed by atoms with Crippen LogP contribution in [0.5, 0.6) is 0 Å². The molecule has 0 spiro atoms. The van der Waals surface area contributed by atoms with E-state index in [1.165, 1.54) is 6.07 Å². The van der Waals surface area contributed by atoms with Crippen molar-refractivity contribution in [3.8, 4) is 0 Å². The molecule has 0 bridgehead atoms. The van der Waals surface area contributed by atoms with Crippen molar-refractivity contribution in [1.82, 2.24) is 30.3 Å². The Bertz CT molecular complexity index is 909. The van der Waals surface area contributed by atoms with E-state index in [9.17, 15) is 4.39 Å². The number of guanidine groups is 1. The van der Waals surface area contributed by atoms with E-state index in [1.807, 2.05) is 24.6 Å². The van der Waals surface area contributed by atoms with Gasteiger partial charge in [0, 0.05) is 45.2 Å². The third kappa shape index (κ3) is 6.38. The van der Waals surface area contributed by atoms with E-state index in [1.54, 1.807) is 12.1 Å². The molecule has 4 rings (SSSR count). The summed E-state index contributed by atoms with van der Waals surface area (Å²) in [5, 5.41) is 15.3. The second-order valence-corrected chi connectivity index (χ2v) is 8.41. The van der Waals surface area contributed by atoms with Crippen molar-refractivity contribution in [1.29, 1.82) is 0 Å². The van der Waals surface area contributed by atoms with E-state index in [4.69, 9.17) is 9.73 Å². The molecule has 1 saturated carbocycles. The van der Waals surface area contributed by atoms with Gasteiger partial charge in [0.1, 0.15) is 18.2 Å². The van der Waals surface area contributed by atoms with Crippen molar-refractivity contribution >= 4 is 29.9 Å². The van der Waals surface area contributed by atoms with Crippen LogP contribution < -0.4 is 10.6 Å². The highest BCUT2D eigenvalue weighted by atomic mass is 127. The number of rotatable bonds is 8. The molecule has 1 aromatic carbocycles. The Kier molecular flexibility index (Phi) is 8.83. The Morgan fingerprint density at radius 2 is 2.00 bits per heavy atom. The van der Waals surface area contributed by atoms with Gasteiger partial charge in [0.25, 0.3) is 0 Å². The van der Waals surface area contributed by atoms with Crippen molar-refractivity contribution < 1.29 is 9.13 Å². The zero-order valence-electron chi connectivity index (χ0n) is 18.8. The molecule has 10 heteroatoms. The van der Waals surface area contributed by atoms with Gasteiger partial charge in [-0.1, -0.05) is 12.1 Å². The monoisotopic (exact) mass is 557 g/mol. The average Bonchev–Trinajstić information content (AvgIpc) is 3.51. The lowest BCUT2D eigenvalue weighted by Crippen LogP contribution is -2.46. The van der Waals surface area contributed by atoms with Crippen LogP contribution in [-0.4, -0.2) is 71.6 Å². The second-order valence-electron chi connectivity index (χ2n) is 8.41. The molecule has 0 radical (unpaired) electrons. The molecule has 0 unspecified atom stereocenters. The lowest BCUT2D eigenvalue weighted by atomic mass is 9.96. The number of aryl methyl sites for hydroxylation is 1. The van der Waals surface area contributed by atoms with Gasteiger partial charge in [0.05, 0.1) is 13.2 Å². The molecule has 0 atom stereocenters. The molecule has 1 aromatic heterocycles. The first-order valence-electron chi connectivity index (χ1n) is 11.0. The molecule has 1 aliphatic carbocycles. The van der Waals surface area contributed by atoms with Crippen LogP contribution in [0.1, 0.15) is 30.1 Å². The summed E-state index contributed by atoms with van der Waals surface area (Å²) in [6.45, 7) is 8.32. The quantitative estimate of drug-likeness (QED) is 0.294. The van der Waals surface area contributed by atoms with Gasteiger partial charge in [-0.3, -0.25) is 4.90 Å². The van der Waals surface area contributed by atoms with Gasteiger partial charge in [0.15, 0.2) is 11.8 Å². The highest BCUT2D eigenvalue weighted by Gasteiger charge is 2.44. The maximum absolute atomic E-state index is 13.7. The molecule has 8 nitrogen and oxygen atoms in total. The minimum absolute atomic E-state index is 0. The Morgan fingerprint density at radius 1 is 1.22 bits per heavy atom. The van der Waals surface area contributed by atoms with Crippen molar-refractivity contribution in [2.45, 2.75) is 31.7 Å².